The number of nitrogens with zero attached hydrogens (tertiary/aromatic N) is 1. The first-order valence-electron chi connectivity index (χ1n) is 4.68. The molecule has 0 radical (unpaired) electrons. The topological polar surface area (TPSA) is 15.3 Å². The van der Waals surface area contributed by atoms with Crippen molar-refractivity contribution >= 4 is 39.9 Å². The molecule has 1 N–H and O–H groups in total. The van der Waals surface area contributed by atoms with Crippen LogP contribution >= 0.6 is 34.2 Å². The van der Waals surface area contributed by atoms with Crippen LogP contribution in [0.5, 0.6) is 0 Å². The van der Waals surface area contributed by atoms with Crippen LogP contribution in [0.3, 0.4) is 0 Å². The fourth-order valence-electron chi connectivity index (χ4n) is 1.64. The van der Waals surface area contributed by atoms with Gasteiger partial charge in [0.2, 0.25) is 0 Å². The molecule has 0 saturated carbocycles. The average molecular weight is 323 g/mol. The Balaban J connectivity index is 2.22. The number of benzene rings is 1. The molecule has 0 aromatic heterocycles. The van der Waals surface area contributed by atoms with E-state index in [1.807, 2.05) is 12.1 Å². The molecule has 1 aromatic carbocycles. The van der Waals surface area contributed by atoms with E-state index < -0.39 is 0 Å². The maximum absolute atomic E-state index is 5.92. The maximum atomic E-state index is 5.92. The fraction of sp³-hybridized carbons (Fsp3) is 0.400. The Morgan fingerprint density at radius 2 is 2.00 bits per heavy atom. The molecule has 1 aromatic rings. The minimum Gasteiger partial charge on any atom is -0.368 e. The van der Waals surface area contributed by atoms with Gasteiger partial charge in [-0.25, -0.2) is 0 Å². The van der Waals surface area contributed by atoms with Gasteiger partial charge in [0.15, 0.2) is 0 Å². The number of anilines is 1. The molecule has 14 heavy (non-hydrogen) atoms. The predicted octanol–water partition coefficient (Wildman–Crippen LogP) is 2.35. The zero-order chi connectivity index (χ0) is 9.97. The van der Waals surface area contributed by atoms with E-state index in [9.17, 15) is 0 Å². The lowest BCUT2D eigenvalue weighted by Gasteiger charge is -2.30. The standard InChI is InChI=1S/C10H12ClIN2/c11-8-1-2-10(9(12)7-8)14-5-3-13-4-6-14/h1-2,7,13H,3-6H2. The lowest BCUT2D eigenvalue weighted by atomic mass is 10.2. The van der Waals surface area contributed by atoms with Crippen molar-refractivity contribution in [2.24, 2.45) is 0 Å². The second-order valence-electron chi connectivity index (χ2n) is 3.33. The van der Waals surface area contributed by atoms with Gasteiger partial charge in [0.05, 0.1) is 5.69 Å². The molecule has 2 nitrogen and oxygen atoms in total. The van der Waals surface area contributed by atoms with E-state index in [0.717, 1.165) is 31.2 Å². The molecule has 0 spiro atoms. The van der Waals surface area contributed by atoms with Crippen molar-refractivity contribution < 1.29 is 0 Å². The number of hydrogen-bond acceptors (Lipinski definition) is 2. The molecule has 2 rings (SSSR count). The molecule has 76 valence electrons. The molecule has 1 heterocycles. The van der Waals surface area contributed by atoms with E-state index in [0.29, 0.717) is 0 Å². The van der Waals surface area contributed by atoms with Crippen molar-refractivity contribution in [1.82, 2.24) is 5.32 Å². The van der Waals surface area contributed by atoms with Crippen LogP contribution in [0, 0.1) is 3.57 Å². The molecule has 1 aliphatic heterocycles. The highest BCUT2D eigenvalue weighted by Gasteiger charge is 2.12. The van der Waals surface area contributed by atoms with Gasteiger partial charge < -0.3 is 10.2 Å². The zero-order valence-electron chi connectivity index (χ0n) is 7.76. The van der Waals surface area contributed by atoms with E-state index >= 15 is 0 Å². The molecule has 0 amide bonds. The van der Waals surface area contributed by atoms with Gasteiger partial charge >= 0.3 is 0 Å². The molecule has 0 aliphatic carbocycles. The summed E-state index contributed by atoms with van der Waals surface area (Å²) >= 11 is 8.26. The Morgan fingerprint density at radius 1 is 1.29 bits per heavy atom. The van der Waals surface area contributed by atoms with Gasteiger partial charge in [-0.05, 0) is 40.8 Å². The van der Waals surface area contributed by atoms with Crippen LogP contribution in [-0.4, -0.2) is 26.2 Å². The maximum Gasteiger partial charge on any atom is 0.0503 e. The second kappa shape index (κ2) is 4.68. The fourth-order valence-corrected chi connectivity index (χ4v) is 2.86. The van der Waals surface area contributed by atoms with Crippen molar-refractivity contribution in [3.05, 3.63) is 26.8 Å². The van der Waals surface area contributed by atoms with Gasteiger partial charge in [-0.15, -0.1) is 0 Å². The van der Waals surface area contributed by atoms with Crippen LogP contribution in [0.15, 0.2) is 18.2 Å². The van der Waals surface area contributed by atoms with Gasteiger partial charge in [-0.3, -0.25) is 0 Å². The normalized spacial score (nSPS) is 17.1. The second-order valence-corrected chi connectivity index (χ2v) is 4.93. The number of nitrogens with one attached hydrogen (secondary N) is 1. The Bertz CT molecular complexity index is 324. The number of halogens is 2. The largest absolute Gasteiger partial charge is 0.368 e. The summed E-state index contributed by atoms with van der Waals surface area (Å²) in [6, 6.07) is 6.08. The molecule has 1 fully saturated rings. The first kappa shape index (κ1) is 10.5. The van der Waals surface area contributed by atoms with Crippen LogP contribution in [0.2, 0.25) is 5.02 Å². The third kappa shape index (κ3) is 2.32. The van der Waals surface area contributed by atoms with Gasteiger partial charge in [0.1, 0.15) is 0 Å². The first-order valence-corrected chi connectivity index (χ1v) is 6.14. The van der Waals surface area contributed by atoms with Gasteiger partial charge in [-0.2, -0.15) is 0 Å². The third-order valence-electron chi connectivity index (χ3n) is 2.37. The van der Waals surface area contributed by atoms with E-state index in [1.54, 1.807) is 0 Å². The van der Waals surface area contributed by atoms with E-state index in [2.05, 4.69) is 38.9 Å². The Hall–Kier alpha value is -0.000000000000000111. The van der Waals surface area contributed by atoms with Crippen molar-refractivity contribution in [2.45, 2.75) is 0 Å². The van der Waals surface area contributed by atoms with Crippen LogP contribution in [0.1, 0.15) is 0 Å². The molecule has 0 atom stereocenters. The number of hydrogen-bond donors (Lipinski definition) is 1. The molecule has 0 bridgehead atoms. The summed E-state index contributed by atoms with van der Waals surface area (Å²) in [5.41, 5.74) is 1.30. The average Bonchev–Trinajstić information content (AvgIpc) is 2.19. The van der Waals surface area contributed by atoms with Crippen molar-refractivity contribution in [3.63, 3.8) is 0 Å². The van der Waals surface area contributed by atoms with Crippen LogP contribution in [0.4, 0.5) is 5.69 Å². The molecular formula is C10H12ClIN2. The molecule has 0 unspecified atom stereocenters. The summed E-state index contributed by atoms with van der Waals surface area (Å²) in [5.74, 6) is 0. The molecular weight excluding hydrogens is 310 g/mol. The highest BCUT2D eigenvalue weighted by molar-refractivity contribution is 14.1. The number of piperazine rings is 1. The summed E-state index contributed by atoms with van der Waals surface area (Å²) in [4.78, 5) is 2.40. The highest BCUT2D eigenvalue weighted by Crippen LogP contribution is 2.25. The lowest BCUT2D eigenvalue weighted by Crippen LogP contribution is -2.43. The Labute approximate surface area is 103 Å². The van der Waals surface area contributed by atoms with E-state index in [4.69, 9.17) is 11.6 Å². The summed E-state index contributed by atoms with van der Waals surface area (Å²) in [5, 5.41) is 4.16. The quantitative estimate of drug-likeness (QED) is 0.799. The summed E-state index contributed by atoms with van der Waals surface area (Å²) in [6.45, 7) is 4.30. The number of rotatable bonds is 1. The van der Waals surface area contributed by atoms with Crippen LogP contribution in [-0.2, 0) is 0 Å². The van der Waals surface area contributed by atoms with Crippen molar-refractivity contribution in [3.8, 4) is 0 Å². The Kier molecular flexibility index (Phi) is 3.52. The SMILES string of the molecule is Clc1ccc(N2CCNCC2)c(I)c1. The molecule has 1 saturated heterocycles. The smallest absolute Gasteiger partial charge is 0.0503 e. The molecule has 4 heteroatoms. The summed E-state index contributed by atoms with van der Waals surface area (Å²) < 4.78 is 1.23. The van der Waals surface area contributed by atoms with Crippen LogP contribution in [0.25, 0.3) is 0 Å². The molecule has 1 aliphatic rings. The predicted molar refractivity (Wildman–Crippen MR) is 69.3 cm³/mol. The highest BCUT2D eigenvalue weighted by atomic mass is 127. The van der Waals surface area contributed by atoms with E-state index in [1.165, 1.54) is 9.26 Å². The summed E-state index contributed by atoms with van der Waals surface area (Å²) in [6.07, 6.45) is 0. The Morgan fingerprint density at radius 3 is 2.64 bits per heavy atom. The van der Waals surface area contributed by atoms with Crippen LogP contribution < -0.4 is 10.2 Å². The van der Waals surface area contributed by atoms with Gasteiger partial charge in [0, 0.05) is 34.8 Å². The van der Waals surface area contributed by atoms with Crippen molar-refractivity contribution in [1.29, 1.82) is 0 Å². The third-order valence-corrected chi connectivity index (χ3v) is 3.47. The monoisotopic (exact) mass is 322 g/mol. The summed E-state index contributed by atoms with van der Waals surface area (Å²) in [7, 11) is 0. The van der Waals surface area contributed by atoms with Crippen molar-refractivity contribution in [2.75, 3.05) is 31.1 Å². The van der Waals surface area contributed by atoms with Gasteiger partial charge in [-0.1, -0.05) is 11.6 Å². The first-order chi connectivity index (χ1) is 6.77. The minimum absolute atomic E-state index is 0.813. The zero-order valence-corrected chi connectivity index (χ0v) is 10.7. The minimum atomic E-state index is 0.813. The lowest BCUT2D eigenvalue weighted by molar-refractivity contribution is 0.588. The van der Waals surface area contributed by atoms with Gasteiger partial charge in [0.25, 0.3) is 0 Å². The van der Waals surface area contributed by atoms with E-state index in [-0.39, 0.29) is 0 Å².